The normalized spacial score (nSPS) is 16.4. The highest BCUT2D eigenvalue weighted by molar-refractivity contribution is 5.73. The lowest BCUT2D eigenvalue weighted by atomic mass is 9.69. The molecular weight excluding hydrogens is 321 g/mol. The van der Waals surface area contributed by atoms with Crippen LogP contribution in [0.3, 0.4) is 0 Å². The molecule has 0 radical (unpaired) electrons. The second-order valence-electron chi connectivity index (χ2n) is 6.50. The molecule has 0 saturated heterocycles. The fourth-order valence-electron chi connectivity index (χ4n) is 2.90. The smallest absolute Gasteiger partial charge is 0.384 e. The molecule has 7 heteroatoms. The Morgan fingerprint density at radius 3 is 2.38 bits per heavy atom. The SMILES string of the molecule is COCC1(CNC(=O)N(C)Cc2ccc(C(F)(F)F)cc2)CCC1. The van der Waals surface area contributed by atoms with E-state index in [0.29, 0.717) is 18.7 Å². The second kappa shape index (κ2) is 7.42. The van der Waals surface area contributed by atoms with Crippen molar-refractivity contribution in [1.29, 1.82) is 0 Å². The third-order valence-electron chi connectivity index (χ3n) is 4.53. The fourth-order valence-corrected chi connectivity index (χ4v) is 2.90. The average molecular weight is 344 g/mol. The van der Waals surface area contributed by atoms with E-state index in [9.17, 15) is 18.0 Å². The van der Waals surface area contributed by atoms with Crippen LogP contribution < -0.4 is 5.32 Å². The van der Waals surface area contributed by atoms with Crippen LogP contribution in [0.15, 0.2) is 24.3 Å². The van der Waals surface area contributed by atoms with Crippen molar-refractivity contribution in [2.75, 3.05) is 27.3 Å². The van der Waals surface area contributed by atoms with E-state index in [1.54, 1.807) is 14.2 Å². The molecule has 1 N–H and O–H groups in total. The summed E-state index contributed by atoms with van der Waals surface area (Å²) in [6.07, 6.45) is -1.14. The Balaban J connectivity index is 1.85. The monoisotopic (exact) mass is 344 g/mol. The zero-order valence-corrected chi connectivity index (χ0v) is 13.9. The van der Waals surface area contributed by atoms with Crippen molar-refractivity contribution in [1.82, 2.24) is 10.2 Å². The summed E-state index contributed by atoms with van der Waals surface area (Å²) in [6, 6.07) is 4.61. The minimum Gasteiger partial charge on any atom is -0.384 e. The van der Waals surface area contributed by atoms with Crippen molar-refractivity contribution in [3.05, 3.63) is 35.4 Å². The first-order chi connectivity index (χ1) is 11.3. The maximum absolute atomic E-state index is 12.5. The largest absolute Gasteiger partial charge is 0.416 e. The minimum atomic E-state index is -4.35. The zero-order chi connectivity index (χ0) is 17.8. The molecule has 0 aliphatic heterocycles. The predicted molar refractivity (Wildman–Crippen MR) is 84.5 cm³/mol. The van der Waals surface area contributed by atoms with E-state index in [2.05, 4.69) is 5.32 Å². The van der Waals surface area contributed by atoms with Gasteiger partial charge in [-0.2, -0.15) is 13.2 Å². The lowest BCUT2D eigenvalue weighted by molar-refractivity contribution is -0.137. The second-order valence-corrected chi connectivity index (χ2v) is 6.50. The van der Waals surface area contributed by atoms with Gasteiger partial charge in [0.15, 0.2) is 0 Å². The first-order valence-electron chi connectivity index (χ1n) is 7.90. The molecule has 1 saturated carbocycles. The molecule has 0 spiro atoms. The number of alkyl halides is 3. The molecular formula is C17H23F3N2O2. The van der Waals surface area contributed by atoms with Gasteiger partial charge in [0.05, 0.1) is 12.2 Å². The van der Waals surface area contributed by atoms with Gasteiger partial charge in [-0.25, -0.2) is 4.79 Å². The molecule has 1 aliphatic carbocycles. The van der Waals surface area contributed by atoms with Crippen LogP contribution in [0.4, 0.5) is 18.0 Å². The maximum Gasteiger partial charge on any atom is 0.416 e. The molecule has 0 aromatic heterocycles. The van der Waals surface area contributed by atoms with Gasteiger partial charge in [-0.1, -0.05) is 18.6 Å². The van der Waals surface area contributed by atoms with Crippen molar-refractivity contribution >= 4 is 6.03 Å². The number of nitrogens with one attached hydrogen (secondary N) is 1. The topological polar surface area (TPSA) is 41.6 Å². The molecule has 2 rings (SSSR count). The molecule has 24 heavy (non-hydrogen) atoms. The number of methoxy groups -OCH3 is 1. The number of rotatable bonds is 6. The van der Waals surface area contributed by atoms with Crippen LogP contribution in [0.1, 0.15) is 30.4 Å². The van der Waals surface area contributed by atoms with E-state index in [1.807, 2.05) is 0 Å². The van der Waals surface area contributed by atoms with Gasteiger partial charge in [0, 0.05) is 32.7 Å². The lowest BCUT2D eigenvalue weighted by Gasteiger charge is -2.41. The van der Waals surface area contributed by atoms with E-state index in [-0.39, 0.29) is 18.0 Å². The summed E-state index contributed by atoms with van der Waals surface area (Å²) in [5, 5.41) is 2.89. The van der Waals surface area contributed by atoms with Gasteiger partial charge >= 0.3 is 12.2 Å². The number of halogens is 3. The number of ether oxygens (including phenoxy) is 1. The number of benzene rings is 1. The Labute approximate surface area is 140 Å². The van der Waals surface area contributed by atoms with Crippen molar-refractivity contribution in [2.24, 2.45) is 5.41 Å². The zero-order valence-electron chi connectivity index (χ0n) is 13.9. The summed E-state index contributed by atoms with van der Waals surface area (Å²) >= 11 is 0. The Bertz CT molecular complexity index is 554. The Hall–Kier alpha value is -1.76. The first kappa shape index (κ1) is 18.6. The first-order valence-corrected chi connectivity index (χ1v) is 7.90. The number of urea groups is 1. The van der Waals surface area contributed by atoms with Crippen LogP contribution in [-0.2, 0) is 17.5 Å². The minimum absolute atomic E-state index is 0.0274. The number of hydrogen-bond donors (Lipinski definition) is 1. The van der Waals surface area contributed by atoms with Crippen LogP contribution in [0.25, 0.3) is 0 Å². The fraction of sp³-hybridized carbons (Fsp3) is 0.588. The van der Waals surface area contributed by atoms with Gasteiger partial charge in [0.1, 0.15) is 0 Å². The van der Waals surface area contributed by atoms with Gasteiger partial charge < -0.3 is 15.0 Å². The van der Waals surface area contributed by atoms with Crippen LogP contribution in [0.2, 0.25) is 0 Å². The molecule has 1 aliphatic rings. The summed E-state index contributed by atoms with van der Waals surface area (Å²) in [6.45, 7) is 1.42. The van der Waals surface area contributed by atoms with Crippen molar-refractivity contribution < 1.29 is 22.7 Å². The summed E-state index contributed by atoms with van der Waals surface area (Å²) in [4.78, 5) is 13.6. The van der Waals surface area contributed by atoms with Gasteiger partial charge in [0.25, 0.3) is 0 Å². The molecule has 134 valence electrons. The van der Waals surface area contributed by atoms with E-state index < -0.39 is 11.7 Å². The number of amides is 2. The van der Waals surface area contributed by atoms with Gasteiger partial charge in [-0.3, -0.25) is 0 Å². The molecule has 4 nitrogen and oxygen atoms in total. The standard InChI is InChI=1S/C17H23F3N2O2/c1-22(10-13-4-6-14(7-5-13)17(18,19)20)15(23)21-11-16(12-24-2)8-3-9-16/h4-7H,3,8-12H2,1-2H3,(H,21,23). The number of carbonyl (C=O) groups is 1. The van der Waals surface area contributed by atoms with E-state index in [0.717, 1.165) is 31.4 Å². The summed E-state index contributed by atoms with van der Waals surface area (Å²) < 4.78 is 42.8. The van der Waals surface area contributed by atoms with Crippen molar-refractivity contribution in [3.8, 4) is 0 Å². The number of carbonyl (C=O) groups excluding carboxylic acids is 1. The van der Waals surface area contributed by atoms with Crippen LogP contribution >= 0.6 is 0 Å². The number of hydrogen-bond acceptors (Lipinski definition) is 2. The quantitative estimate of drug-likeness (QED) is 0.856. The molecule has 1 aromatic rings. The van der Waals surface area contributed by atoms with Gasteiger partial charge in [-0.05, 0) is 30.5 Å². The molecule has 0 atom stereocenters. The molecule has 1 aromatic carbocycles. The van der Waals surface area contributed by atoms with Crippen LogP contribution in [0.5, 0.6) is 0 Å². The highest BCUT2D eigenvalue weighted by Gasteiger charge is 2.37. The van der Waals surface area contributed by atoms with Crippen molar-refractivity contribution in [2.45, 2.75) is 32.0 Å². The molecule has 1 fully saturated rings. The van der Waals surface area contributed by atoms with Gasteiger partial charge in [0.2, 0.25) is 0 Å². The highest BCUT2D eigenvalue weighted by atomic mass is 19.4. The summed E-state index contributed by atoms with van der Waals surface area (Å²) in [5.41, 5.74) is -0.0136. The average Bonchev–Trinajstić information content (AvgIpc) is 2.49. The highest BCUT2D eigenvalue weighted by Crippen LogP contribution is 2.40. The molecule has 0 heterocycles. The Morgan fingerprint density at radius 2 is 1.92 bits per heavy atom. The van der Waals surface area contributed by atoms with Crippen LogP contribution in [0, 0.1) is 5.41 Å². The maximum atomic E-state index is 12.5. The van der Waals surface area contributed by atoms with Crippen molar-refractivity contribution in [3.63, 3.8) is 0 Å². The van der Waals surface area contributed by atoms with E-state index in [4.69, 9.17) is 4.74 Å². The predicted octanol–water partition coefficient (Wildman–Crippen LogP) is 3.66. The lowest BCUT2D eigenvalue weighted by Crippen LogP contribution is -2.48. The molecule has 0 bridgehead atoms. The van der Waals surface area contributed by atoms with Gasteiger partial charge in [-0.15, -0.1) is 0 Å². The Morgan fingerprint density at radius 1 is 1.29 bits per heavy atom. The van der Waals surface area contributed by atoms with Crippen LogP contribution in [-0.4, -0.2) is 38.2 Å². The third kappa shape index (κ3) is 4.63. The van der Waals surface area contributed by atoms with E-state index in [1.165, 1.54) is 17.0 Å². The molecule has 2 amide bonds. The third-order valence-corrected chi connectivity index (χ3v) is 4.53. The summed E-state index contributed by atoms with van der Waals surface area (Å²) in [7, 11) is 3.27. The molecule has 0 unspecified atom stereocenters. The Kier molecular flexibility index (Phi) is 5.74. The number of nitrogens with zero attached hydrogens (tertiary/aromatic N) is 1. The van der Waals surface area contributed by atoms with E-state index >= 15 is 0 Å². The summed E-state index contributed by atoms with van der Waals surface area (Å²) in [5.74, 6) is 0.